The van der Waals surface area contributed by atoms with Gasteiger partial charge in [-0.3, -0.25) is 4.79 Å². The number of benzene rings is 1. The smallest absolute Gasteiger partial charge is 0.322 e. The summed E-state index contributed by atoms with van der Waals surface area (Å²) in [5, 5.41) is 2.54. The van der Waals surface area contributed by atoms with Crippen molar-refractivity contribution in [1.29, 1.82) is 0 Å². The Morgan fingerprint density at radius 1 is 1.00 bits per heavy atom. The summed E-state index contributed by atoms with van der Waals surface area (Å²) in [7, 11) is 0. The Kier molecular flexibility index (Phi) is 5.05. The Morgan fingerprint density at radius 2 is 1.72 bits per heavy atom. The summed E-state index contributed by atoms with van der Waals surface area (Å²) < 4.78 is 23.8. The van der Waals surface area contributed by atoms with Crippen molar-refractivity contribution in [3.05, 3.63) is 60.9 Å². The van der Waals surface area contributed by atoms with Gasteiger partial charge in [0.25, 0.3) is 5.91 Å². The summed E-state index contributed by atoms with van der Waals surface area (Å²) in [4.78, 5) is 27.3. The summed E-state index contributed by atoms with van der Waals surface area (Å²) in [6.45, 7) is -0.266. The second-order valence-electron chi connectivity index (χ2n) is 4.66. The molecule has 0 saturated heterocycles. The maximum absolute atomic E-state index is 13.5. The Hall–Kier alpha value is -3.62. The molecular formula is C16H12FN5O3. The van der Waals surface area contributed by atoms with E-state index < -0.39 is 11.7 Å². The molecule has 2 aromatic heterocycles. The maximum atomic E-state index is 13.5. The van der Waals surface area contributed by atoms with Crippen LogP contribution in [0.4, 0.5) is 10.1 Å². The van der Waals surface area contributed by atoms with Crippen LogP contribution in [0.1, 0.15) is 0 Å². The van der Waals surface area contributed by atoms with Gasteiger partial charge in [0.1, 0.15) is 0 Å². The fraction of sp³-hybridized carbons (Fsp3) is 0.0625. The molecule has 0 aliphatic rings. The zero-order valence-electron chi connectivity index (χ0n) is 12.8. The van der Waals surface area contributed by atoms with Gasteiger partial charge >= 0.3 is 12.0 Å². The molecule has 3 aromatic rings. The highest BCUT2D eigenvalue weighted by atomic mass is 19.1. The number of amides is 1. The molecule has 0 aliphatic heterocycles. The lowest BCUT2D eigenvalue weighted by molar-refractivity contribution is -0.118. The molecule has 0 bridgehead atoms. The topological polar surface area (TPSA) is 99.1 Å². The van der Waals surface area contributed by atoms with Crippen LogP contribution in [0.15, 0.2) is 55.1 Å². The van der Waals surface area contributed by atoms with E-state index in [4.69, 9.17) is 9.47 Å². The van der Waals surface area contributed by atoms with Crippen LogP contribution in [0.3, 0.4) is 0 Å². The van der Waals surface area contributed by atoms with Crippen molar-refractivity contribution < 1.29 is 18.7 Å². The van der Waals surface area contributed by atoms with E-state index in [1.807, 2.05) is 0 Å². The van der Waals surface area contributed by atoms with Gasteiger partial charge in [-0.25, -0.2) is 24.3 Å². The van der Waals surface area contributed by atoms with Crippen LogP contribution in [0.25, 0.3) is 0 Å². The van der Waals surface area contributed by atoms with Crippen LogP contribution in [-0.2, 0) is 4.79 Å². The van der Waals surface area contributed by atoms with Crippen LogP contribution in [0.5, 0.6) is 17.8 Å². The number of hydrogen-bond donors (Lipinski definition) is 1. The lowest BCUT2D eigenvalue weighted by Crippen LogP contribution is -2.21. The Bertz CT molecular complexity index is 846. The first kappa shape index (κ1) is 16.2. The fourth-order valence-electron chi connectivity index (χ4n) is 1.75. The van der Waals surface area contributed by atoms with E-state index >= 15 is 0 Å². The van der Waals surface area contributed by atoms with Gasteiger partial charge in [0.2, 0.25) is 0 Å². The summed E-state index contributed by atoms with van der Waals surface area (Å²) in [6.07, 6.45) is 5.67. The van der Waals surface area contributed by atoms with E-state index in [1.54, 1.807) is 18.2 Å². The first-order chi connectivity index (χ1) is 12.2. The minimum Gasteiger partial charge on any atom is -0.453 e. The predicted molar refractivity (Wildman–Crippen MR) is 84.7 cm³/mol. The number of aromatic nitrogens is 4. The highest BCUT2D eigenvalue weighted by molar-refractivity contribution is 5.91. The van der Waals surface area contributed by atoms with Gasteiger partial charge in [0, 0.05) is 12.4 Å². The average Bonchev–Trinajstić information content (AvgIpc) is 2.64. The van der Waals surface area contributed by atoms with Gasteiger partial charge in [-0.2, -0.15) is 0 Å². The van der Waals surface area contributed by atoms with Crippen LogP contribution < -0.4 is 14.8 Å². The van der Waals surface area contributed by atoms with Crippen molar-refractivity contribution in [2.75, 3.05) is 11.9 Å². The van der Waals surface area contributed by atoms with Gasteiger partial charge in [-0.15, -0.1) is 0 Å². The Labute approximate surface area is 141 Å². The molecule has 1 aromatic carbocycles. The third-order valence-corrected chi connectivity index (χ3v) is 2.82. The first-order valence-corrected chi connectivity index (χ1v) is 7.15. The van der Waals surface area contributed by atoms with Crippen LogP contribution >= 0.6 is 0 Å². The molecule has 25 heavy (non-hydrogen) atoms. The first-order valence-electron chi connectivity index (χ1n) is 7.15. The molecule has 1 amide bonds. The van der Waals surface area contributed by atoms with Crippen molar-refractivity contribution in [1.82, 2.24) is 19.9 Å². The predicted octanol–water partition coefficient (Wildman–Crippen LogP) is 2.22. The van der Waals surface area contributed by atoms with Crippen LogP contribution in [0, 0.1) is 5.82 Å². The molecular weight excluding hydrogens is 329 g/mol. The third kappa shape index (κ3) is 4.67. The number of para-hydroxylation sites is 1. The van der Waals surface area contributed by atoms with E-state index in [0.717, 1.165) is 0 Å². The van der Waals surface area contributed by atoms with Gasteiger partial charge in [-0.05, 0) is 18.2 Å². The lowest BCUT2D eigenvalue weighted by Gasteiger charge is -2.07. The largest absolute Gasteiger partial charge is 0.453 e. The van der Waals surface area contributed by atoms with Crippen molar-refractivity contribution in [2.45, 2.75) is 0 Å². The molecule has 0 spiro atoms. The molecule has 126 valence electrons. The zero-order valence-corrected chi connectivity index (χ0v) is 12.8. The standard InChI is InChI=1S/C16H12FN5O3/c17-12-4-1-2-5-13(12)25-16-20-8-11(9-21-16)22-14(23)10-24-15-18-6-3-7-19-15/h1-9H,10H2,(H,22,23). The van der Waals surface area contributed by atoms with E-state index in [0.29, 0.717) is 5.69 Å². The molecule has 0 aliphatic carbocycles. The summed E-state index contributed by atoms with van der Waals surface area (Å²) in [5.74, 6) is -0.946. The van der Waals surface area contributed by atoms with Crippen molar-refractivity contribution in [2.24, 2.45) is 0 Å². The SMILES string of the molecule is O=C(COc1ncccn1)Nc1cnc(Oc2ccccc2F)nc1. The van der Waals surface area contributed by atoms with Crippen LogP contribution in [0.2, 0.25) is 0 Å². The number of hydrogen-bond acceptors (Lipinski definition) is 7. The lowest BCUT2D eigenvalue weighted by atomic mass is 10.3. The van der Waals surface area contributed by atoms with E-state index in [2.05, 4.69) is 25.3 Å². The summed E-state index contributed by atoms with van der Waals surface area (Å²) in [6, 6.07) is 7.58. The Morgan fingerprint density at radius 3 is 2.44 bits per heavy atom. The van der Waals surface area contributed by atoms with Gasteiger partial charge in [0.05, 0.1) is 18.1 Å². The molecule has 0 fully saturated rings. The second kappa shape index (κ2) is 7.77. The zero-order chi connectivity index (χ0) is 17.5. The molecule has 0 unspecified atom stereocenters. The van der Waals surface area contributed by atoms with Gasteiger partial charge in [0.15, 0.2) is 18.2 Å². The average molecular weight is 341 g/mol. The number of halogens is 1. The number of ether oxygens (including phenoxy) is 2. The molecule has 0 saturated carbocycles. The van der Waals surface area contributed by atoms with E-state index in [-0.39, 0.29) is 24.4 Å². The minimum absolute atomic E-state index is 0.00977. The number of anilines is 1. The number of carbonyl (C=O) groups is 1. The van der Waals surface area contributed by atoms with E-state index in [9.17, 15) is 9.18 Å². The number of carbonyl (C=O) groups excluding carboxylic acids is 1. The highest BCUT2D eigenvalue weighted by Gasteiger charge is 2.08. The Balaban J connectivity index is 1.53. The monoisotopic (exact) mass is 341 g/mol. The molecule has 2 heterocycles. The molecule has 9 heteroatoms. The van der Waals surface area contributed by atoms with Gasteiger partial charge < -0.3 is 14.8 Å². The molecule has 3 rings (SSSR count). The van der Waals surface area contributed by atoms with E-state index in [1.165, 1.54) is 36.9 Å². The highest BCUT2D eigenvalue weighted by Crippen LogP contribution is 2.21. The maximum Gasteiger partial charge on any atom is 0.322 e. The van der Waals surface area contributed by atoms with Crippen molar-refractivity contribution in [3.8, 4) is 17.8 Å². The molecule has 8 nitrogen and oxygen atoms in total. The normalized spacial score (nSPS) is 10.1. The summed E-state index contributed by atoms with van der Waals surface area (Å²) >= 11 is 0. The summed E-state index contributed by atoms with van der Waals surface area (Å²) in [5.41, 5.74) is 0.337. The number of nitrogens with one attached hydrogen (secondary N) is 1. The second-order valence-corrected chi connectivity index (χ2v) is 4.66. The van der Waals surface area contributed by atoms with Gasteiger partial charge in [-0.1, -0.05) is 12.1 Å². The van der Waals surface area contributed by atoms with Crippen molar-refractivity contribution >= 4 is 11.6 Å². The molecule has 0 atom stereocenters. The minimum atomic E-state index is -0.524. The quantitative estimate of drug-likeness (QED) is 0.734. The van der Waals surface area contributed by atoms with Crippen LogP contribution in [-0.4, -0.2) is 32.4 Å². The fourth-order valence-corrected chi connectivity index (χ4v) is 1.75. The molecule has 1 N–H and O–H groups in total. The third-order valence-electron chi connectivity index (χ3n) is 2.82. The van der Waals surface area contributed by atoms with Crippen molar-refractivity contribution in [3.63, 3.8) is 0 Å². The molecule has 0 radical (unpaired) electrons. The number of rotatable bonds is 6. The number of nitrogens with zero attached hydrogens (tertiary/aromatic N) is 4.